The van der Waals surface area contributed by atoms with Gasteiger partial charge in [0.15, 0.2) is 0 Å². The molecular formula is C18H17F3. The molecule has 0 bridgehead atoms. The van der Waals surface area contributed by atoms with E-state index in [0.717, 1.165) is 22.3 Å². The molecule has 2 aromatic rings. The highest BCUT2D eigenvalue weighted by molar-refractivity contribution is 5.78. The monoisotopic (exact) mass is 290 g/mol. The zero-order chi connectivity index (χ0) is 15.6. The second-order valence-electron chi connectivity index (χ2n) is 5.18. The average molecular weight is 290 g/mol. The summed E-state index contributed by atoms with van der Waals surface area (Å²) in [5.41, 5.74) is 4.44. The molecule has 0 aromatic heterocycles. The summed E-state index contributed by atoms with van der Waals surface area (Å²) >= 11 is 0. The van der Waals surface area contributed by atoms with E-state index in [2.05, 4.69) is 6.58 Å². The number of aryl methyl sites for hydroxylation is 2. The van der Waals surface area contributed by atoms with Crippen LogP contribution in [0.3, 0.4) is 0 Å². The molecule has 0 radical (unpaired) electrons. The van der Waals surface area contributed by atoms with Gasteiger partial charge < -0.3 is 0 Å². The van der Waals surface area contributed by atoms with Crippen LogP contribution in [-0.4, -0.2) is 6.43 Å². The van der Waals surface area contributed by atoms with Crippen LogP contribution >= 0.6 is 0 Å². The maximum Gasteiger partial charge on any atom is 0.242 e. The van der Waals surface area contributed by atoms with Crippen LogP contribution in [0.15, 0.2) is 43.0 Å². The summed E-state index contributed by atoms with van der Waals surface area (Å²) in [6, 6.07) is 10.2. The van der Waals surface area contributed by atoms with Crippen molar-refractivity contribution in [2.45, 2.75) is 26.7 Å². The quantitative estimate of drug-likeness (QED) is 0.715. The molecular weight excluding hydrogens is 273 g/mol. The van der Waals surface area contributed by atoms with Crippen molar-refractivity contribution in [1.82, 2.24) is 0 Å². The summed E-state index contributed by atoms with van der Waals surface area (Å²) in [5, 5.41) is 0. The third-order valence-electron chi connectivity index (χ3n) is 3.57. The molecule has 2 rings (SSSR count). The summed E-state index contributed by atoms with van der Waals surface area (Å²) < 4.78 is 38.2. The van der Waals surface area contributed by atoms with Crippen LogP contribution in [0.1, 0.15) is 27.8 Å². The largest absolute Gasteiger partial charge is 0.242 e. The third-order valence-corrected chi connectivity index (χ3v) is 3.57. The standard InChI is InChI=1S/C18H17F3/c1-11-8-15(5-4-14(11)10-18(20)21)13(3)16-6-7-17(19)12(2)9-16/h4-9,18H,3,10H2,1-2H3. The number of halogens is 3. The van der Waals surface area contributed by atoms with Gasteiger partial charge in [-0.2, -0.15) is 0 Å². The summed E-state index contributed by atoms with van der Waals surface area (Å²) in [4.78, 5) is 0. The van der Waals surface area contributed by atoms with Gasteiger partial charge in [0.25, 0.3) is 0 Å². The first-order valence-electron chi connectivity index (χ1n) is 6.72. The number of hydrogen-bond acceptors (Lipinski definition) is 0. The first-order chi connectivity index (χ1) is 9.88. The molecule has 0 amide bonds. The molecule has 110 valence electrons. The summed E-state index contributed by atoms with van der Waals surface area (Å²) in [7, 11) is 0. The number of rotatable bonds is 4. The van der Waals surface area contributed by atoms with Crippen molar-refractivity contribution in [3.05, 3.63) is 76.6 Å². The van der Waals surface area contributed by atoms with E-state index in [1.807, 2.05) is 13.0 Å². The van der Waals surface area contributed by atoms with Crippen molar-refractivity contribution in [3.8, 4) is 0 Å². The summed E-state index contributed by atoms with van der Waals surface area (Å²) in [5.74, 6) is -0.255. The van der Waals surface area contributed by atoms with E-state index in [0.29, 0.717) is 11.1 Å². The lowest BCUT2D eigenvalue weighted by Crippen LogP contribution is -2.00. The second kappa shape index (κ2) is 6.17. The van der Waals surface area contributed by atoms with E-state index in [1.165, 1.54) is 6.07 Å². The van der Waals surface area contributed by atoms with Gasteiger partial charge in [-0.05, 0) is 59.4 Å². The summed E-state index contributed by atoms with van der Waals surface area (Å²) in [6.45, 7) is 7.53. The molecule has 2 aromatic carbocycles. The highest BCUT2D eigenvalue weighted by atomic mass is 19.3. The second-order valence-corrected chi connectivity index (χ2v) is 5.18. The third kappa shape index (κ3) is 3.54. The van der Waals surface area contributed by atoms with Gasteiger partial charge in [0.1, 0.15) is 5.82 Å². The van der Waals surface area contributed by atoms with Crippen LogP contribution in [0.5, 0.6) is 0 Å². The van der Waals surface area contributed by atoms with Crippen LogP contribution in [0, 0.1) is 19.7 Å². The molecule has 0 aliphatic rings. The maximum absolute atomic E-state index is 13.3. The van der Waals surface area contributed by atoms with E-state index < -0.39 is 6.43 Å². The first-order valence-corrected chi connectivity index (χ1v) is 6.72. The van der Waals surface area contributed by atoms with Crippen LogP contribution in [0.2, 0.25) is 0 Å². The molecule has 0 saturated heterocycles. The molecule has 0 fully saturated rings. The lowest BCUT2D eigenvalue weighted by atomic mass is 9.94. The van der Waals surface area contributed by atoms with Crippen molar-refractivity contribution in [3.63, 3.8) is 0 Å². The number of hydrogen-bond donors (Lipinski definition) is 0. The van der Waals surface area contributed by atoms with E-state index >= 15 is 0 Å². The van der Waals surface area contributed by atoms with Crippen molar-refractivity contribution in [1.29, 1.82) is 0 Å². The minimum atomic E-state index is -2.35. The molecule has 3 heteroatoms. The van der Waals surface area contributed by atoms with Crippen LogP contribution < -0.4 is 0 Å². The lowest BCUT2D eigenvalue weighted by Gasteiger charge is -2.11. The molecule has 0 aliphatic carbocycles. The van der Waals surface area contributed by atoms with E-state index in [9.17, 15) is 13.2 Å². The molecule has 0 N–H and O–H groups in total. The van der Waals surface area contributed by atoms with Gasteiger partial charge in [0.2, 0.25) is 6.43 Å². The zero-order valence-electron chi connectivity index (χ0n) is 12.1. The zero-order valence-corrected chi connectivity index (χ0v) is 12.1. The van der Waals surface area contributed by atoms with Gasteiger partial charge in [0.05, 0.1) is 0 Å². The highest BCUT2D eigenvalue weighted by Gasteiger charge is 2.10. The van der Waals surface area contributed by atoms with Crippen molar-refractivity contribution in [2.75, 3.05) is 0 Å². The predicted octanol–water partition coefficient (Wildman–Crippen LogP) is 5.31. The molecule has 0 atom stereocenters. The molecule has 21 heavy (non-hydrogen) atoms. The molecule has 0 saturated carbocycles. The van der Waals surface area contributed by atoms with Crippen LogP contribution in [0.25, 0.3) is 5.57 Å². The fourth-order valence-electron chi connectivity index (χ4n) is 2.28. The Bertz CT molecular complexity index is 672. The first kappa shape index (κ1) is 15.4. The van der Waals surface area contributed by atoms with Gasteiger partial charge in [-0.15, -0.1) is 0 Å². The lowest BCUT2D eigenvalue weighted by molar-refractivity contribution is 0.149. The Morgan fingerprint density at radius 2 is 1.57 bits per heavy atom. The maximum atomic E-state index is 13.3. The number of alkyl halides is 2. The highest BCUT2D eigenvalue weighted by Crippen LogP contribution is 2.25. The van der Waals surface area contributed by atoms with E-state index in [-0.39, 0.29) is 12.2 Å². The Labute approximate surface area is 122 Å². The van der Waals surface area contributed by atoms with Gasteiger partial charge in [-0.25, -0.2) is 13.2 Å². The average Bonchev–Trinajstić information content (AvgIpc) is 2.43. The Morgan fingerprint density at radius 3 is 2.10 bits per heavy atom. The summed E-state index contributed by atoms with van der Waals surface area (Å²) in [6.07, 6.45) is -2.59. The van der Waals surface area contributed by atoms with E-state index in [4.69, 9.17) is 0 Å². The van der Waals surface area contributed by atoms with Gasteiger partial charge in [-0.1, -0.05) is 30.8 Å². The molecule has 0 heterocycles. The molecule has 0 nitrogen and oxygen atoms in total. The Morgan fingerprint density at radius 1 is 1.00 bits per heavy atom. The smallest absolute Gasteiger partial charge is 0.210 e. The van der Waals surface area contributed by atoms with E-state index in [1.54, 1.807) is 31.2 Å². The fourth-order valence-corrected chi connectivity index (χ4v) is 2.28. The molecule has 0 unspecified atom stereocenters. The van der Waals surface area contributed by atoms with Crippen LogP contribution in [-0.2, 0) is 6.42 Å². The minimum Gasteiger partial charge on any atom is -0.210 e. The minimum absolute atomic E-state index is 0.242. The van der Waals surface area contributed by atoms with Gasteiger partial charge in [0, 0.05) is 6.42 Å². The fraction of sp³-hybridized carbons (Fsp3) is 0.222. The SMILES string of the molecule is C=C(c1ccc(F)c(C)c1)c1ccc(CC(F)F)c(C)c1. The predicted molar refractivity (Wildman–Crippen MR) is 80.2 cm³/mol. The Kier molecular flexibility index (Phi) is 4.51. The van der Waals surface area contributed by atoms with Crippen LogP contribution in [0.4, 0.5) is 13.2 Å². The molecule has 0 aliphatic heterocycles. The topological polar surface area (TPSA) is 0 Å². The normalized spacial score (nSPS) is 11.0. The number of benzene rings is 2. The Balaban J connectivity index is 2.31. The van der Waals surface area contributed by atoms with Crippen molar-refractivity contribution >= 4 is 5.57 Å². The van der Waals surface area contributed by atoms with Gasteiger partial charge in [-0.3, -0.25) is 0 Å². The molecule has 0 spiro atoms. The Hall–Kier alpha value is -2.03. The van der Waals surface area contributed by atoms with Gasteiger partial charge >= 0.3 is 0 Å². The van der Waals surface area contributed by atoms with Crippen molar-refractivity contribution < 1.29 is 13.2 Å². The van der Waals surface area contributed by atoms with Crippen molar-refractivity contribution in [2.24, 2.45) is 0 Å².